The maximum absolute atomic E-state index is 14.3. The zero-order chi connectivity index (χ0) is 18.6. The van der Waals surface area contributed by atoms with Crippen LogP contribution < -0.4 is 0 Å². The standard InChI is InChI=1S/C20H18FN3O2S/c21-16-9-5-4-8-15(16)18-22-23-20(27-17-11-13-26-19(17)25)24(18)12-10-14-6-2-1-3-7-14/h1-9,17H,10-13H2. The lowest BCUT2D eigenvalue weighted by atomic mass is 10.1. The van der Waals surface area contributed by atoms with E-state index in [2.05, 4.69) is 10.2 Å². The minimum atomic E-state index is -0.345. The summed E-state index contributed by atoms with van der Waals surface area (Å²) in [6.45, 7) is 1.01. The second-order valence-corrected chi connectivity index (χ2v) is 7.41. The van der Waals surface area contributed by atoms with Crippen LogP contribution in [0, 0.1) is 5.82 Å². The minimum absolute atomic E-state index is 0.231. The van der Waals surface area contributed by atoms with Crippen LogP contribution in [-0.4, -0.2) is 32.6 Å². The average Bonchev–Trinajstić information content (AvgIpc) is 3.28. The van der Waals surface area contributed by atoms with E-state index in [-0.39, 0.29) is 17.0 Å². The Hall–Kier alpha value is -2.67. The summed E-state index contributed by atoms with van der Waals surface area (Å²) >= 11 is 1.33. The predicted molar refractivity (Wildman–Crippen MR) is 101 cm³/mol. The lowest BCUT2D eigenvalue weighted by Gasteiger charge is -2.12. The highest BCUT2D eigenvalue weighted by Crippen LogP contribution is 2.32. The lowest BCUT2D eigenvalue weighted by Crippen LogP contribution is -2.12. The first-order valence-corrected chi connectivity index (χ1v) is 9.65. The Morgan fingerprint density at radius 2 is 1.89 bits per heavy atom. The molecule has 1 aliphatic heterocycles. The van der Waals surface area contributed by atoms with Crippen molar-refractivity contribution in [3.8, 4) is 11.4 Å². The quantitative estimate of drug-likeness (QED) is 0.607. The van der Waals surface area contributed by atoms with Gasteiger partial charge in [-0.15, -0.1) is 10.2 Å². The first-order valence-electron chi connectivity index (χ1n) is 8.77. The molecule has 4 rings (SSSR count). The largest absolute Gasteiger partial charge is 0.465 e. The van der Waals surface area contributed by atoms with Crippen LogP contribution in [0.15, 0.2) is 59.8 Å². The molecule has 0 bridgehead atoms. The van der Waals surface area contributed by atoms with Crippen molar-refractivity contribution >= 4 is 17.7 Å². The molecule has 0 spiro atoms. The van der Waals surface area contributed by atoms with Crippen LogP contribution in [0.2, 0.25) is 0 Å². The van der Waals surface area contributed by atoms with Gasteiger partial charge < -0.3 is 9.30 Å². The molecular formula is C20H18FN3O2S. The highest BCUT2D eigenvalue weighted by Gasteiger charge is 2.30. The molecule has 1 fully saturated rings. The summed E-state index contributed by atoms with van der Waals surface area (Å²) in [5.41, 5.74) is 1.57. The third-order valence-electron chi connectivity index (χ3n) is 4.43. The summed E-state index contributed by atoms with van der Waals surface area (Å²) in [5, 5.41) is 8.78. The average molecular weight is 383 g/mol. The van der Waals surface area contributed by atoms with Crippen LogP contribution in [0.5, 0.6) is 0 Å². The number of cyclic esters (lactones) is 1. The van der Waals surface area contributed by atoms with Gasteiger partial charge in [-0.2, -0.15) is 0 Å². The van der Waals surface area contributed by atoms with E-state index in [0.29, 0.717) is 36.1 Å². The number of aryl methyl sites for hydroxylation is 1. The van der Waals surface area contributed by atoms with E-state index >= 15 is 0 Å². The number of rotatable bonds is 6. The van der Waals surface area contributed by atoms with Gasteiger partial charge >= 0.3 is 5.97 Å². The topological polar surface area (TPSA) is 57.0 Å². The highest BCUT2D eigenvalue weighted by molar-refractivity contribution is 8.00. The molecule has 1 unspecified atom stereocenters. The van der Waals surface area contributed by atoms with Gasteiger partial charge in [-0.25, -0.2) is 4.39 Å². The summed E-state index contributed by atoms with van der Waals surface area (Å²) < 4.78 is 21.3. The molecule has 2 aromatic carbocycles. The summed E-state index contributed by atoms with van der Waals surface area (Å²) in [5.74, 6) is -0.106. The molecular weight excluding hydrogens is 365 g/mol. The van der Waals surface area contributed by atoms with Gasteiger partial charge in [0.1, 0.15) is 11.1 Å². The fraction of sp³-hybridized carbons (Fsp3) is 0.250. The van der Waals surface area contributed by atoms with Crippen molar-refractivity contribution in [2.24, 2.45) is 0 Å². The number of carbonyl (C=O) groups is 1. The summed E-state index contributed by atoms with van der Waals surface area (Å²) in [4.78, 5) is 11.8. The lowest BCUT2D eigenvalue weighted by molar-refractivity contribution is -0.137. The van der Waals surface area contributed by atoms with Crippen LogP contribution in [-0.2, 0) is 22.5 Å². The number of hydrogen-bond acceptors (Lipinski definition) is 5. The maximum atomic E-state index is 14.3. The molecule has 0 saturated carbocycles. The zero-order valence-electron chi connectivity index (χ0n) is 14.5. The van der Waals surface area contributed by atoms with Gasteiger partial charge in [0.15, 0.2) is 11.0 Å². The van der Waals surface area contributed by atoms with Crippen molar-refractivity contribution < 1.29 is 13.9 Å². The first kappa shape index (κ1) is 17.7. The predicted octanol–water partition coefficient (Wildman–Crippen LogP) is 3.73. The Morgan fingerprint density at radius 1 is 1.11 bits per heavy atom. The fourth-order valence-electron chi connectivity index (χ4n) is 3.02. The molecule has 3 aromatic rings. The van der Waals surface area contributed by atoms with Gasteiger partial charge in [0.2, 0.25) is 0 Å². The molecule has 1 aromatic heterocycles. The normalized spacial score (nSPS) is 16.5. The van der Waals surface area contributed by atoms with Crippen molar-refractivity contribution in [2.75, 3.05) is 6.61 Å². The molecule has 0 aliphatic carbocycles. The molecule has 1 saturated heterocycles. The van der Waals surface area contributed by atoms with E-state index in [1.165, 1.54) is 23.4 Å². The van der Waals surface area contributed by atoms with E-state index in [9.17, 15) is 9.18 Å². The fourth-order valence-corrected chi connectivity index (χ4v) is 4.04. The maximum Gasteiger partial charge on any atom is 0.319 e. The molecule has 2 heterocycles. The molecule has 0 amide bonds. The number of carbonyl (C=O) groups excluding carboxylic acids is 1. The van der Waals surface area contributed by atoms with Gasteiger partial charge in [0.05, 0.1) is 12.2 Å². The van der Waals surface area contributed by atoms with Crippen molar-refractivity contribution in [3.63, 3.8) is 0 Å². The van der Waals surface area contributed by atoms with Gasteiger partial charge in [0.25, 0.3) is 0 Å². The van der Waals surface area contributed by atoms with E-state index in [0.717, 1.165) is 6.42 Å². The van der Waals surface area contributed by atoms with Crippen molar-refractivity contribution in [3.05, 3.63) is 66.0 Å². The molecule has 5 nitrogen and oxygen atoms in total. The third kappa shape index (κ3) is 3.88. The number of nitrogens with zero attached hydrogens (tertiary/aromatic N) is 3. The molecule has 27 heavy (non-hydrogen) atoms. The summed E-state index contributed by atoms with van der Waals surface area (Å²) in [6.07, 6.45) is 1.40. The second-order valence-electron chi connectivity index (χ2n) is 6.24. The number of benzene rings is 2. The Balaban J connectivity index is 1.66. The summed E-state index contributed by atoms with van der Waals surface area (Å²) in [6, 6.07) is 16.6. The molecule has 138 valence electrons. The zero-order valence-corrected chi connectivity index (χ0v) is 15.4. The molecule has 1 atom stereocenters. The Bertz CT molecular complexity index is 945. The van der Waals surface area contributed by atoms with Crippen LogP contribution in [0.4, 0.5) is 4.39 Å². The van der Waals surface area contributed by atoms with Crippen molar-refractivity contribution in [1.82, 2.24) is 14.8 Å². The number of aromatic nitrogens is 3. The molecule has 0 radical (unpaired) electrons. The SMILES string of the molecule is O=C1OCCC1Sc1nnc(-c2ccccc2F)n1CCc1ccccc1. The number of thioether (sulfide) groups is 1. The number of hydrogen-bond donors (Lipinski definition) is 0. The van der Waals surface area contributed by atoms with Gasteiger partial charge in [0, 0.05) is 13.0 Å². The molecule has 7 heteroatoms. The monoisotopic (exact) mass is 383 g/mol. The van der Waals surface area contributed by atoms with E-state index < -0.39 is 0 Å². The Morgan fingerprint density at radius 3 is 2.63 bits per heavy atom. The van der Waals surface area contributed by atoms with Crippen LogP contribution in [0.3, 0.4) is 0 Å². The number of ether oxygens (including phenoxy) is 1. The van der Waals surface area contributed by atoms with Gasteiger partial charge in [-0.3, -0.25) is 4.79 Å². The van der Waals surface area contributed by atoms with E-state index in [1.807, 2.05) is 34.9 Å². The van der Waals surface area contributed by atoms with Crippen LogP contribution in [0.1, 0.15) is 12.0 Å². The van der Waals surface area contributed by atoms with E-state index in [4.69, 9.17) is 4.74 Å². The minimum Gasteiger partial charge on any atom is -0.465 e. The summed E-state index contributed by atoms with van der Waals surface area (Å²) in [7, 11) is 0. The Labute approximate surface area is 160 Å². The van der Waals surface area contributed by atoms with Gasteiger partial charge in [-0.1, -0.05) is 54.2 Å². The smallest absolute Gasteiger partial charge is 0.319 e. The number of halogens is 1. The van der Waals surface area contributed by atoms with Crippen molar-refractivity contribution in [2.45, 2.75) is 29.8 Å². The number of esters is 1. The van der Waals surface area contributed by atoms with Gasteiger partial charge in [-0.05, 0) is 24.1 Å². The second kappa shape index (κ2) is 7.92. The van der Waals surface area contributed by atoms with Crippen LogP contribution in [0.25, 0.3) is 11.4 Å². The Kier molecular flexibility index (Phi) is 5.20. The first-order chi connectivity index (χ1) is 13.2. The molecule has 1 aliphatic rings. The third-order valence-corrected chi connectivity index (χ3v) is 5.66. The van der Waals surface area contributed by atoms with Crippen LogP contribution >= 0.6 is 11.8 Å². The van der Waals surface area contributed by atoms with E-state index in [1.54, 1.807) is 18.2 Å². The highest BCUT2D eigenvalue weighted by atomic mass is 32.2. The van der Waals surface area contributed by atoms with Crippen molar-refractivity contribution in [1.29, 1.82) is 0 Å². The molecule has 0 N–H and O–H groups in total.